The Morgan fingerprint density at radius 2 is 2.15 bits per heavy atom. The molecule has 1 heterocycles. The molecular formula is C12H13F2N3O3. The van der Waals surface area contributed by atoms with Gasteiger partial charge in [0, 0.05) is 19.2 Å². The first-order valence-electron chi connectivity index (χ1n) is 5.93. The molecule has 0 unspecified atom stereocenters. The van der Waals surface area contributed by atoms with Crippen molar-refractivity contribution in [3.05, 3.63) is 29.3 Å². The van der Waals surface area contributed by atoms with Crippen LogP contribution in [-0.2, 0) is 4.74 Å². The highest BCUT2D eigenvalue weighted by Gasteiger charge is 2.20. The van der Waals surface area contributed by atoms with Gasteiger partial charge in [0.2, 0.25) is 0 Å². The van der Waals surface area contributed by atoms with E-state index in [2.05, 4.69) is 5.32 Å². The minimum absolute atomic E-state index is 0.0995. The molecule has 2 amide bonds. The van der Waals surface area contributed by atoms with Crippen LogP contribution >= 0.6 is 0 Å². The van der Waals surface area contributed by atoms with E-state index < -0.39 is 23.2 Å². The number of hydrogen-bond donors (Lipinski definition) is 2. The normalized spacial score (nSPS) is 14.3. The van der Waals surface area contributed by atoms with E-state index in [1.54, 1.807) is 0 Å². The summed E-state index contributed by atoms with van der Waals surface area (Å²) in [6, 6.07) is 1.17. The van der Waals surface area contributed by atoms with Gasteiger partial charge in [-0.15, -0.1) is 0 Å². The number of urea groups is 1. The van der Waals surface area contributed by atoms with Crippen molar-refractivity contribution in [1.82, 2.24) is 10.2 Å². The zero-order valence-corrected chi connectivity index (χ0v) is 10.5. The molecule has 108 valence electrons. The lowest BCUT2D eigenvalue weighted by molar-refractivity contribution is 0.0475. The molecule has 0 saturated carbocycles. The zero-order valence-electron chi connectivity index (χ0n) is 10.5. The molecule has 0 aromatic heterocycles. The summed E-state index contributed by atoms with van der Waals surface area (Å²) in [7, 11) is 0. The van der Waals surface area contributed by atoms with Crippen molar-refractivity contribution in [3.63, 3.8) is 0 Å². The van der Waals surface area contributed by atoms with E-state index in [-0.39, 0.29) is 24.9 Å². The molecular weight excluding hydrogens is 272 g/mol. The van der Waals surface area contributed by atoms with E-state index in [1.165, 1.54) is 4.90 Å². The number of carbonyl (C=O) groups is 2. The van der Waals surface area contributed by atoms with Gasteiger partial charge >= 0.3 is 12.0 Å². The fraction of sp³-hybridized carbons (Fsp3) is 0.333. The molecule has 6 nitrogen and oxygen atoms in total. The van der Waals surface area contributed by atoms with Gasteiger partial charge in [-0.05, 0) is 6.07 Å². The first kappa shape index (κ1) is 14.0. The molecule has 1 aromatic carbocycles. The number of nitrogens with two attached hydrogens (primary N) is 1. The standard InChI is InChI=1S/C12H13F2N3O3/c13-8-6-10(15)9(14)5-7(8)11(18)20-4-3-17-2-1-16-12(17)19/h5-6H,1-4,15H2,(H,16,19). The lowest BCUT2D eigenvalue weighted by Crippen LogP contribution is -2.31. The maximum absolute atomic E-state index is 13.4. The monoisotopic (exact) mass is 285 g/mol. The van der Waals surface area contributed by atoms with Gasteiger partial charge in [-0.25, -0.2) is 18.4 Å². The number of carbonyl (C=O) groups excluding carboxylic acids is 2. The Bertz CT molecular complexity index is 551. The second-order valence-corrected chi connectivity index (χ2v) is 4.21. The van der Waals surface area contributed by atoms with Gasteiger partial charge in [0.1, 0.15) is 18.2 Å². The van der Waals surface area contributed by atoms with Crippen LogP contribution in [0.4, 0.5) is 19.3 Å². The lowest BCUT2D eigenvalue weighted by Gasteiger charge is -2.14. The summed E-state index contributed by atoms with van der Waals surface area (Å²) in [4.78, 5) is 24.3. The Morgan fingerprint density at radius 3 is 2.80 bits per heavy atom. The highest BCUT2D eigenvalue weighted by molar-refractivity contribution is 5.90. The molecule has 3 N–H and O–H groups in total. The maximum Gasteiger partial charge on any atom is 0.341 e. The van der Waals surface area contributed by atoms with E-state index in [9.17, 15) is 18.4 Å². The summed E-state index contributed by atoms with van der Waals surface area (Å²) in [5.74, 6) is -2.84. The number of benzene rings is 1. The van der Waals surface area contributed by atoms with Gasteiger partial charge in [0.15, 0.2) is 0 Å². The van der Waals surface area contributed by atoms with Crippen LogP contribution in [0.2, 0.25) is 0 Å². The van der Waals surface area contributed by atoms with Gasteiger partial charge in [0.25, 0.3) is 0 Å². The van der Waals surface area contributed by atoms with E-state index in [4.69, 9.17) is 10.5 Å². The number of nitrogens with zero attached hydrogens (tertiary/aromatic N) is 1. The van der Waals surface area contributed by atoms with Gasteiger partial charge in [-0.3, -0.25) is 0 Å². The van der Waals surface area contributed by atoms with Crippen LogP contribution in [0.1, 0.15) is 10.4 Å². The average molecular weight is 285 g/mol. The number of nitrogens with one attached hydrogen (secondary N) is 1. The number of esters is 1. The highest BCUT2D eigenvalue weighted by Crippen LogP contribution is 2.17. The minimum Gasteiger partial charge on any atom is -0.460 e. The Hall–Kier alpha value is -2.38. The van der Waals surface area contributed by atoms with Gasteiger partial charge in [-0.2, -0.15) is 0 Å². The number of hydrogen-bond acceptors (Lipinski definition) is 4. The van der Waals surface area contributed by atoms with E-state index >= 15 is 0 Å². The first-order valence-corrected chi connectivity index (χ1v) is 5.93. The van der Waals surface area contributed by atoms with Crippen LogP contribution in [0.15, 0.2) is 12.1 Å². The fourth-order valence-electron chi connectivity index (χ4n) is 1.77. The SMILES string of the molecule is Nc1cc(F)c(C(=O)OCCN2CCNC2=O)cc1F. The molecule has 0 bridgehead atoms. The number of nitrogen functional groups attached to an aromatic ring is 1. The average Bonchev–Trinajstić information content (AvgIpc) is 2.79. The van der Waals surface area contributed by atoms with E-state index in [0.717, 1.165) is 6.07 Å². The van der Waals surface area contributed by atoms with Crippen LogP contribution in [0.3, 0.4) is 0 Å². The van der Waals surface area contributed by atoms with Crippen molar-refractivity contribution >= 4 is 17.7 Å². The van der Waals surface area contributed by atoms with Crippen molar-refractivity contribution in [3.8, 4) is 0 Å². The first-order chi connectivity index (χ1) is 9.49. The summed E-state index contributed by atoms with van der Waals surface area (Å²) < 4.78 is 31.4. The van der Waals surface area contributed by atoms with E-state index in [1.807, 2.05) is 0 Å². The molecule has 0 aliphatic carbocycles. The highest BCUT2D eigenvalue weighted by atomic mass is 19.1. The number of ether oxygens (including phenoxy) is 1. The Balaban J connectivity index is 1.92. The van der Waals surface area contributed by atoms with Crippen LogP contribution in [0.25, 0.3) is 0 Å². The quantitative estimate of drug-likeness (QED) is 0.631. The molecule has 1 aliphatic heterocycles. The summed E-state index contributed by atoms with van der Waals surface area (Å²) in [6.07, 6.45) is 0. The third kappa shape index (κ3) is 2.95. The summed E-state index contributed by atoms with van der Waals surface area (Å²) in [5.41, 5.74) is 4.26. The molecule has 0 atom stereocenters. The molecule has 0 spiro atoms. The Labute approximate surface area is 113 Å². The summed E-state index contributed by atoms with van der Waals surface area (Å²) >= 11 is 0. The Morgan fingerprint density at radius 1 is 1.40 bits per heavy atom. The number of amides is 2. The molecule has 1 aliphatic rings. The van der Waals surface area contributed by atoms with Crippen molar-refractivity contribution < 1.29 is 23.1 Å². The minimum atomic E-state index is -0.999. The van der Waals surface area contributed by atoms with E-state index in [0.29, 0.717) is 19.2 Å². The molecule has 8 heteroatoms. The topological polar surface area (TPSA) is 84.7 Å². The van der Waals surface area contributed by atoms with Crippen LogP contribution in [-0.4, -0.2) is 43.1 Å². The predicted molar refractivity (Wildman–Crippen MR) is 66.0 cm³/mol. The largest absolute Gasteiger partial charge is 0.460 e. The summed E-state index contributed by atoms with van der Waals surface area (Å²) in [6.45, 7) is 1.14. The molecule has 2 rings (SSSR count). The predicted octanol–water partition coefficient (Wildman–Crippen LogP) is 0.729. The number of halogens is 2. The van der Waals surface area contributed by atoms with Crippen LogP contribution < -0.4 is 11.1 Å². The molecule has 1 aromatic rings. The zero-order chi connectivity index (χ0) is 14.7. The van der Waals surface area contributed by atoms with Gasteiger partial charge in [-0.1, -0.05) is 0 Å². The van der Waals surface area contributed by atoms with Crippen LogP contribution in [0.5, 0.6) is 0 Å². The molecule has 1 fully saturated rings. The second kappa shape index (κ2) is 5.72. The van der Waals surface area contributed by atoms with Crippen molar-refractivity contribution in [2.45, 2.75) is 0 Å². The summed E-state index contributed by atoms with van der Waals surface area (Å²) in [5, 5.41) is 2.59. The number of anilines is 1. The van der Waals surface area contributed by atoms with Crippen molar-refractivity contribution in [2.24, 2.45) is 0 Å². The second-order valence-electron chi connectivity index (χ2n) is 4.21. The Kier molecular flexibility index (Phi) is 4.02. The smallest absolute Gasteiger partial charge is 0.341 e. The van der Waals surface area contributed by atoms with Crippen LogP contribution in [0, 0.1) is 11.6 Å². The maximum atomic E-state index is 13.4. The lowest BCUT2D eigenvalue weighted by atomic mass is 10.2. The van der Waals surface area contributed by atoms with Crippen molar-refractivity contribution in [1.29, 1.82) is 0 Å². The third-order valence-corrected chi connectivity index (χ3v) is 2.85. The van der Waals surface area contributed by atoms with Gasteiger partial charge < -0.3 is 20.7 Å². The molecule has 1 saturated heterocycles. The number of rotatable bonds is 4. The molecule has 20 heavy (non-hydrogen) atoms. The third-order valence-electron chi connectivity index (χ3n) is 2.85. The fourth-order valence-corrected chi connectivity index (χ4v) is 1.77. The molecule has 0 radical (unpaired) electrons. The van der Waals surface area contributed by atoms with Gasteiger partial charge in [0.05, 0.1) is 17.8 Å². The van der Waals surface area contributed by atoms with Crippen molar-refractivity contribution in [2.75, 3.05) is 32.0 Å².